The fraction of sp³-hybridized carbons (Fsp3) is 0.750. The highest BCUT2D eigenvalue weighted by molar-refractivity contribution is 5.58. The molecule has 0 aromatic carbocycles. The van der Waals surface area contributed by atoms with Gasteiger partial charge in [0.05, 0.1) is 0 Å². The van der Waals surface area contributed by atoms with Crippen LogP contribution in [0.4, 0.5) is 4.39 Å². The van der Waals surface area contributed by atoms with Gasteiger partial charge in [-0.05, 0) is 6.42 Å². The molecule has 0 aromatic heterocycles. The van der Waals surface area contributed by atoms with Gasteiger partial charge in [0.1, 0.15) is 12.5 Å². The van der Waals surface area contributed by atoms with Gasteiger partial charge in [-0.2, -0.15) is 0 Å². The predicted molar refractivity (Wildman–Crippen MR) is 19.1 cm³/mol. The molecule has 1 fully saturated rings. The zero-order chi connectivity index (χ0) is 4.57. The number of hydrogen-bond donors (Lipinski definition) is 0. The summed E-state index contributed by atoms with van der Waals surface area (Å²) in [5, 5.41) is 0. The topological polar surface area (TPSA) is 17.1 Å². The summed E-state index contributed by atoms with van der Waals surface area (Å²) in [5.41, 5.74) is 0. The molecule has 0 N–H and O–H groups in total. The third kappa shape index (κ3) is 0.421. The summed E-state index contributed by atoms with van der Waals surface area (Å²) in [6.07, 6.45) is 0.330. The van der Waals surface area contributed by atoms with Gasteiger partial charge in [-0.15, -0.1) is 0 Å². The Morgan fingerprint density at radius 1 is 1.83 bits per heavy atom. The molecule has 0 aromatic rings. The van der Waals surface area contributed by atoms with Gasteiger partial charge in [0.2, 0.25) is 0 Å². The lowest BCUT2D eigenvalue weighted by molar-refractivity contribution is -0.109. The molecule has 0 unspecified atom stereocenters. The molecule has 34 valence electrons. The van der Waals surface area contributed by atoms with E-state index in [2.05, 4.69) is 0 Å². The lowest BCUT2D eigenvalue weighted by Crippen LogP contribution is -1.76. The highest BCUT2D eigenvalue weighted by atomic mass is 19.1. The van der Waals surface area contributed by atoms with Gasteiger partial charge in [-0.3, -0.25) is 0 Å². The number of carbonyl (C=O) groups excluding carboxylic acids is 1. The van der Waals surface area contributed by atoms with Crippen LogP contribution >= 0.6 is 0 Å². The first kappa shape index (κ1) is 3.78. The van der Waals surface area contributed by atoms with Crippen LogP contribution in [0, 0.1) is 5.92 Å². The van der Waals surface area contributed by atoms with Gasteiger partial charge < -0.3 is 4.79 Å². The lowest BCUT2D eigenvalue weighted by Gasteiger charge is -1.64. The maximum atomic E-state index is 11.5. The molecule has 0 bridgehead atoms. The smallest absolute Gasteiger partial charge is 0.126 e. The first-order valence-corrected chi connectivity index (χ1v) is 1.94. The molecule has 2 heteroatoms. The largest absolute Gasteiger partial charge is 0.303 e. The molecule has 1 aliphatic carbocycles. The fourth-order valence-electron chi connectivity index (χ4n) is 0.322. The van der Waals surface area contributed by atoms with E-state index >= 15 is 0 Å². The summed E-state index contributed by atoms with van der Waals surface area (Å²) < 4.78 is 11.5. The molecule has 1 aliphatic rings. The van der Waals surface area contributed by atoms with Crippen molar-refractivity contribution in [2.24, 2.45) is 5.92 Å². The van der Waals surface area contributed by atoms with E-state index in [9.17, 15) is 9.18 Å². The number of alkyl halides is 1. The molecular formula is C4H5FO. The third-order valence-corrected chi connectivity index (χ3v) is 0.934. The van der Waals surface area contributed by atoms with Crippen molar-refractivity contribution >= 4 is 6.29 Å². The van der Waals surface area contributed by atoms with Crippen LogP contribution in [0.1, 0.15) is 6.42 Å². The van der Waals surface area contributed by atoms with Crippen LogP contribution in [0.15, 0.2) is 0 Å². The summed E-state index contributed by atoms with van der Waals surface area (Å²) in [6.45, 7) is 0. The summed E-state index contributed by atoms with van der Waals surface area (Å²) in [6, 6.07) is 0. The van der Waals surface area contributed by atoms with E-state index in [0.717, 1.165) is 0 Å². The first-order valence-electron chi connectivity index (χ1n) is 1.94. The van der Waals surface area contributed by atoms with Crippen LogP contribution in [0.5, 0.6) is 0 Å². The molecule has 6 heavy (non-hydrogen) atoms. The monoisotopic (exact) mass is 88.0 g/mol. The average molecular weight is 88.1 g/mol. The Balaban J connectivity index is 2.25. The van der Waals surface area contributed by atoms with Gasteiger partial charge in [0, 0.05) is 5.92 Å². The zero-order valence-corrected chi connectivity index (χ0v) is 3.23. The van der Waals surface area contributed by atoms with E-state index < -0.39 is 6.17 Å². The third-order valence-electron chi connectivity index (χ3n) is 0.934. The molecule has 2 atom stereocenters. The Hall–Kier alpha value is -0.400. The van der Waals surface area contributed by atoms with Gasteiger partial charge in [0.25, 0.3) is 0 Å². The number of carbonyl (C=O) groups is 1. The SMILES string of the molecule is O=C[C@@H]1C[C@@H]1F. The molecular weight excluding hydrogens is 83.0 g/mol. The van der Waals surface area contributed by atoms with E-state index in [1.807, 2.05) is 0 Å². The second-order valence-electron chi connectivity index (χ2n) is 1.55. The second-order valence-corrected chi connectivity index (χ2v) is 1.55. The Kier molecular flexibility index (Phi) is 0.650. The molecule has 0 amide bonds. The van der Waals surface area contributed by atoms with E-state index in [-0.39, 0.29) is 5.92 Å². The number of halogens is 1. The minimum absolute atomic E-state index is 0.245. The van der Waals surface area contributed by atoms with Crippen molar-refractivity contribution in [1.82, 2.24) is 0 Å². The second kappa shape index (κ2) is 1.03. The quantitative estimate of drug-likeness (QED) is 0.427. The van der Waals surface area contributed by atoms with Crippen LogP contribution < -0.4 is 0 Å². The first-order chi connectivity index (χ1) is 2.84. The summed E-state index contributed by atoms with van der Waals surface area (Å²) in [7, 11) is 0. The highest BCUT2D eigenvalue weighted by Crippen LogP contribution is 2.30. The van der Waals surface area contributed by atoms with Gasteiger partial charge in [0.15, 0.2) is 0 Å². The van der Waals surface area contributed by atoms with E-state index in [4.69, 9.17) is 0 Å². The number of aldehydes is 1. The molecule has 1 saturated carbocycles. The van der Waals surface area contributed by atoms with Crippen LogP contribution in [-0.4, -0.2) is 12.5 Å². The summed E-state index contributed by atoms with van der Waals surface area (Å²) in [4.78, 5) is 9.54. The van der Waals surface area contributed by atoms with Crippen molar-refractivity contribution in [3.8, 4) is 0 Å². The van der Waals surface area contributed by atoms with Crippen molar-refractivity contribution in [2.75, 3.05) is 0 Å². The number of hydrogen-bond acceptors (Lipinski definition) is 1. The van der Waals surface area contributed by atoms with E-state index in [1.54, 1.807) is 0 Å². The molecule has 0 radical (unpaired) electrons. The molecule has 0 spiro atoms. The Morgan fingerprint density at radius 3 is 2.33 bits per heavy atom. The van der Waals surface area contributed by atoms with Gasteiger partial charge in [-0.25, -0.2) is 4.39 Å². The Bertz CT molecular complexity index is 71.9. The highest BCUT2D eigenvalue weighted by Gasteiger charge is 2.36. The van der Waals surface area contributed by atoms with Gasteiger partial charge >= 0.3 is 0 Å². The lowest BCUT2D eigenvalue weighted by atomic mass is 10.5. The maximum absolute atomic E-state index is 11.5. The van der Waals surface area contributed by atoms with Crippen LogP contribution in [0.3, 0.4) is 0 Å². The molecule has 1 nitrogen and oxygen atoms in total. The molecule has 0 saturated heterocycles. The standard InChI is InChI=1S/C4H5FO/c5-4-1-3(4)2-6/h2-4H,1H2/t3-,4-/m0/s1. The van der Waals surface area contributed by atoms with Crippen LogP contribution in [0.2, 0.25) is 0 Å². The summed E-state index contributed by atoms with van der Waals surface area (Å²) >= 11 is 0. The molecule has 0 heterocycles. The normalized spacial score (nSPS) is 42.2. The van der Waals surface area contributed by atoms with Crippen molar-refractivity contribution < 1.29 is 9.18 Å². The predicted octanol–water partition coefficient (Wildman–Crippen LogP) is 0.543. The van der Waals surface area contributed by atoms with Crippen molar-refractivity contribution in [3.63, 3.8) is 0 Å². The number of rotatable bonds is 1. The van der Waals surface area contributed by atoms with Crippen LogP contribution in [0.25, 0.3) is 0 Å². The van der Waals surface area contributed by atoms with Crippen molar-refractivity contribution in [2.45, 2.75) is 12.6 Å². The zero-order valence-electron chi connectivity index (χ0n) is 3.23. The van der Waals surface area contributed by atoms with Crippen LogP contribution in [-0.2, 0) is 4.79 Å². The Labute approximate surface area is 35.2 Å². The molecule has 0 aliphatic heterocycles. The van der Waals surface area contributed by atoms with Crippen molar-refractivity contribution in [3.05, 3.63) is 0 Å². The van der Waals surface area contributed by atoms with Crippen molar-refractivity contribution in [1.29, 1.82) is 0 Å². The molecule has 1 rings (SSSR count). The maximum Gasteiger partial charge on any atom is 0.126 e. The van der Waals surface area contributed by atoms with Gasteiger partial charge in [-0.1, -0.05) is 0 Å². The average Bonchev–Trinajstić information content (AvgIpc) is 2.19. The minimum atomic E-state index is -0.803. The fourth-order valence-corrected chi connectivity index (χ4v) is 0.322. The summed E-state index contributed by atoms with van der Waals surface area (Å²) in [5.74, 6) is -0.245. The van der Waals surface area contributed by atoms with E-state index in [1.165, 1.54) is 0 Å². The minimum Gasteiger partial charge on any atom is -0.303 e. The Morgan fingerprint density at radius 2 is 2.33 bits per heavy atom. The van der Waals surface area contributed by atoms with E-state index in [0.29, 0.717) is 12.7 Å².